The monoisotopic (exact) mass is 261 g/mol. The van der Waals surface area contributed by atoms with Gasteiger partial charge in [-0.05, 0) is 64.8 Å². The zero-order chi connectivity index (χ0) is 13.7. The summed E-state index contributed by atoms with van der Waals surface area (Å²) in [5.41, 5.74) is 2.30. The van der Waals surface area contributed by atoms with Crippen LogP contribution < -0.4 is 5.32 Å². The number of aryl methyl sites for hydroxylation is 1. The van der Waals surface area contributed by atoms with Gasteiger partial charge in [0, 0.05) is 24.8 Å². The van der Waals surface area contributed by atoms with Gasteiger partial charge in [-0.2, -0.15) is 0 Å². The number of pyridine rings is 1. The molecule has 0 aromatic carbocycles. The molecule has 1 atom stereocenters. The van der Waals surface area contributed by atoms with E-state index in [2.05, 4.69) is 54.2 Å². The van der Waals surface area contributed by atoms with Gasteiger partial charge < -0.3 is 5.32 Å². The van der Waals surface area contributed by atoms with Gasteiger partial charge in [-0.25, -0.2) is 0 Å². The smallest absolute Gasteiger partial charge is 0.0547 e. The predicted octanol–water partition coefficient (Wildman–Crippen LogP) is 2.60. The molecule has 1 aromatic heterocycles. The first-order valence-corrected chi connectivity index (χ1v) is 7.52. The molecular formula is C16H27N3. The first-order chi connectivity index (χ1) is 9.15. The molecule has 3 heteroatoms. The highest BCUT2D eigenvalue weighted by Gasteiger charge is 2.19. The van der Waals surface area contributed by atoms with E-state index in [1.807, 2.05) is 0 Å². The third kappa shape index (κ3) is 4.59. The van der Waals surface area contributed by atoms with Crippen LogP contribution in [0.5, 0.6) is 0 Å². The van der Waals surface area contributed by atoms with Crippen molar-refractivity contribution in [3.8, 4) is 0 Å². The van der Waals surface area contributed by atoms with Crippen molar-refractivity contribution in [3.63, 3.8) is 0 Å². The van der Waals surface area contributed by atoms with Gasteiger partial charge in [0.2, 0.25) is 0 Å². The van der Waals surface area contributed by atoms with Crippen molar-refractivity contribution < 1.29 is 0 Å². The van der Waals surface area contributed by atoms with E-state index in [0.29, 0.717) is 6.04 Å². The zero-order valence-electron chi connectivity index (χ0n) is 12.5. The lowest BCUT2D eigenvalue weighted by molar-refractivity contribution is 0.162. The van der Waals surface area contributed by atoms with Gasteiger partial charge in [-0.3, -0.25) is 9.88 Å². The minimum atomic E-state index is 0.573. The van der Waals surface area contributed by atoms with Crippen LogP contribution in [0.3, 0.4) is 0 Å². The van der Waals surface area contributed by atoms with Crippen molar-refractivity contribution in [1.82, 2.24) is 15.2 Å². The van der Waals surface area contributed by atoms with E-state index in [-0.39, 0.29) is 0 Å². The van der Waals surface area contributed by atoms with Crippen LogP contribution in [0.1, 0.15) is 38.1 Å². The molecule has 1 aromatic rings. The molecule has 1 unspecified atom stereocenters. The third-order valence-electron chi connectivity index (χ3n) is 3.93. The van der Waals surface area contributed by atoms with E-state index in [4.69, 9.17) is 0 Å². The third-order valence-corrected chi connectivity index (χ3v) is 3.93. The zero-order valence-corrected chi connectivity index (χ0v) is 12.5. The van der Waals surface area contributed by atoms with Crippen LogP contribution in [0.25, 0.3) is 0 Å². The fraction of sp³-hybridized carbons (Fsp3) is 0.688. The fourth-order valence-electron chi connectivity index (χ4n) is 2.77. The molecule has 0 aliphatic carbocycles. The second kappa shape index (κ2) is 7.01. The number of piperidine rings is 1. The average molecular weight is 261 g/mol. The lowest BCUT2D eigenvalue weighted by Gasteiger charge is -2.32. The van der Waals surface area contributed by atoms with Gasteiger partial charge in [-0.15, -0.1) is 0 Å². The maximum Gasteiger partial charge on any atom is 0.0547 e. The highest BCUT2D eigenvalue weighted by molar-refractivity contribution is 5.09. The molecule has 1 saturated heterocycles. The maximum absolute atomic E-state index is 4.63. The van der Waals surface area contributed by atoms with E-state index in [1.54, 1.807) is 0 Å². The predicted molar refractivity (Wildman–Crippen MR) is 80.1 cm³/mol. The molecule has 19 heavy (non-hydrogen) atoms. The molecule has 1 aliphatic rings. The first-order valence-electron chi connectivity index (χ1n) is 7.52. The van der Waals surface area contributed by atoms with Crippen molar-refractivity contribution in [2.24, 2.45) is 5.92 Å². The number of nitrogens with one attached hydrogen (secondary N) is 1. The summed E-state index contributed by atoms with van der Waals surface area (Å²) in [6, 6.07) is 6.89. The van der Waals surface area contributed by atoms with E-state index in [9.17, 15) is 0 Å². The van der Waals surface area contributed by atoms with Crippen LogP contribution in [0.15, 0.2) is 18.2 Å². The van der Waals surface area contributed by atoms with Crippen LogP contribution in [0.2, 0.25) is 0 Å². The molecule has 0 radical (unpaired) electrons. The van der Waals surface area contributed by atoms with Crippen LogP contribution in [-0.2, 0) is 6.54 Å². The van der Waals surface area contributed by atoms with Gasteiger partial charge >= 0.3 is 0 Å². The summed E-state index contributed by atoms with van der Waals surface area (Å²) >= 11 is 0. The molecule has 0 amide bonds. The van der Waals surface area contributed by atoms with E-state index < -0.39 is 0 Å². The summed E-state index contributed by atoms with van der Waals surface area (Å²) in [5, 5.41) is 3.51. The Morgan fingerprint density at radius 3 is 2.89 bits per heavy atom. The van der Waals surface area contributed by atoms with Crippen molar-refractivity contribution in [3.05, 3.63) is 29.6 Å². The molecule has 106 valence electrons. The molecule has 1 N–H and O–H groups in total. The number of aromatic nitrogens is 1. The standard InChI is InChI=1S/C16H27N3/c1-13(2)19(11-15-7-5-9-17-10-15)12-16-8-4-6-14(3)18-16/h4,6,8,13,15,17H,5,7,9-12H2,1-3H3. The summed E-state index contributed by atoms with van der Waals surface area (Å²) in [5.74, 6) is 0.793. The molecule has 1 aliphatic heterocycles. The molecule has 3 nitrogen and oxygen atoms in total. The second-order valence-electron chi connectivity index (χ2n) is 6.01. The van der Waals surface area contributed by atoms with Crippen molar-refractivity contribution in [2.75, 3.05) is 19.6 Å². The number of rotatable bonds is 5. The van der Waals surface area contributed by atoms with Crippen LogP contribution in [-0.4, -0.2) is 35.6 Å². The quantitative estimate of drug-likeness (QED) is 0.883. The molecule has 0 saturated carbocycles. The molecule has 2 heterocycles. The summed E-state index contributed by atoms with van der Waals surface area (Å²) in [4.78, 5) is 7.19. The Bertz CT molecular complexity index is 383. The number of nitrogens with zero attached hydrogens (tertiary/aromatic N) is 2. The van der Waals surface area contributed by atoms with Crippen LogP contribution in [0.4, 0.5) is 0 Å². The van der Waals surface area contributed by atoms with Gasteiger partial charge in [0.05, 0.1) is 5.69 Å². The Balaban J connectivity index is 1.95. The van der Waals surface area contributed by atoms with Gasteiger partial charge in [0.1, 0.15) is 0 Å². The van der Waals surface area contributed by atoms with Crippen LogP contribution >= 0.6 is 0 Å². The van der Waals surface area contributed by atoms with E-state index >= 15 is 0 Å². The lowest BCUT2D eigenvalue weighted by Crippen LogP contribution is -2.40. The lowest BCUT2D eigenvalue weighted by atomic mass is 9.98. The highest BCUT2D eigenvalue weighted by Crippen LogP contribution is 2.15. The first kappa shape index (κ1) is 14.5. The molecule has 1 fully saturated rings. The Kier molecular flexibility index (Phi) is 5.34. The van der Waals surface area contributed by atoms with Gasteiger partial charge in [-0.1, -0.05) is 6.07 Å². The van der Waals surface area contributed by atoms with Crippen molar-refractivity contribution >= 4 is 0 Å². The average Bonchev–Trinajstić information content (AvgIpc) is 2.39. The SMILES string of the molecule is Cc1cccc(CN(CC2CCCNC2)C(C)C)n1. The summed E-state index contributed by atoms with van der Waals surface area (Å²) in [6.07, 6.45) is 2.68. The summed E-state index contributed by atoms with van der Waals surface area (Å²) in [6.45, 7) is 11.1. The topological polar surface area (TPSA) is 28.2 Å². The second-order valence-corrected chi connectivity index (χ2v) is 6.01. The fourth-order valence-corrected chi connectivity index (χ4v) is 2.77. The highest BCUT2D eigenvalue weighted by atomic mass is 15.2. The Hall–Kier alpha value is -0.930. The molecular weight excluding hydrogens is 234 g/mol. The Morgan fingerprint density at radius 1 is 1.42 bits per heavy atom. The van der Waals surface area contributed by atoms with Crippen molar-refractivity contribution in [2.45, 2.75) is 46.2 Å². The minimum absolute atomic E-state index is 0.573. The Labute approximate surface area is 117 Å². The van der Waals surface area contributed by atoms with Gasteiger partial charge in [0.25, 0.3) is 0 Å². The van der Waals surface area contributed by atoms with E-state index in [0.717, 1.165) is 18.2 Å². The van der Waals surface area contributed by atoms with Gasteiger partial charge in [0.15, 0.2) is 0 Å². The largest absolute Gasteiger partial charge is 0.316 e. The number of hydrogen-bond acceptors (Lipinski definition) is 3. The van der Waals surface area contributed by atoms with E-state index in [1.165, 1.54) is 38.2 Å². The maximum atomic E-state index is 4.63. The van der Waals surface area contributed by atoms with Crippen molar-refractivity contribution in [1.29, 1.82) is 0 Å². The van der Waals surface area contributed by atoms with Crippen LogP contribution in [0, 0.1) is 12.8 Å². The number of hydrogen-bond donors (Lipinski definition) is 1. The normalized spacial score (nSPS) is 20.2. The molecule has 0 spiro atoms. The minimum Gasteiger partial charge on any atom is -0.316 e. The molecule has 2 rings (SSSR count). The Morgan fingerprint density at radius 2 is 2.26 bits per heavy atom. The summed E-state index contributed by atoms with van der Waals surface area (Å²) < 4.78 is 0. The summed E-state index contributed by atoms with van der Waals surface area (Å²) in [7, 11) is 0. The molecule has 0 bridgehead atoms.